The summed E-state index contributed by atoms with van der Waals surface area (Å²) in [6, 6.07) is 0. The summed E-state index contributed by atoms with van der Waals surface area (Å²) in [5, 5.41) is 0. The van der Waals surface area contributed by atoms with Crippen molar-refractivity contribution in [3.05, 3.63) is 38.4 Å². The molecular formula is C13H15FOS. The Balaban J connectivity index is 3.06. The van der Waals surface area contributed by atoms with E-state index in [1.807, 2.05) is 19.9 Å². The van der Waals surface area contributed by atoms with Crippen molar-refractivity contribution in [2.24, 2.45) is 0 Å². The number of halogens is 1. The van der Waals surface area contributed by atoms with Crippen molar-refractivity contribution in [2.75, 3.05) is 0 Å². The Morgan fingerprint density at radius 1 is 1.25 bits per heavy atom. The topological polar surface area (TPSA) is 17.1 Å². The zero-order valence-electron chi connectivity index (χ0n) is 9.93. The van der Waals surface area contributed by atoms with Crippen molar-refractivity contribution in [3.63, 3.8) is 0 Å². The molecule has 0 spiro atoms. The minimum absolute atomic E-state index is 0.234. The molecule has 0 saturated heterocycles. The molecule has 0 aromatic carbocycles. The van der Waals surface area contributed by atoms with E-state index in [0.29, 0.717) is 5.57 Å². The second-order valence-electron chi connectivity index (χ2n) is 3.74. The summed E-state index contributed by atoms with van der Waals surface area (Å²) >= 11 is 1.73. The molecule has 0 amide bonds. The fourth-order valence-electron chi connectivity index (χ4n) is 1.44. The van der Waals surface area contributed by atoms with E-state index in [9.17, 15) is 9.18 Å². The number of carbonyl (C=O) groups excluding carboxylic acids is 1. The number of aldehydes is 1. The highest BCUT2D eigenvalue weighted by molar-refractivity contribution is 7.12. The highest BCUT2D eigenvalue weighted by Gasteiger charge is 2.06. The minimum Gasteiger partial charge on any atom is -0.295 e. The van der Waals surface area contributed by atoms with Crippen LogP contribution in [-0.4, -0.2) is 6.29 Å². The normalized spacial score (nSPS) is 13.1. The van der Waals surface area contributed by atoms with Gasteiger partial charge in [-0.1, -0.05) is 12.2 Å². The molecule has 0 radical (unpaired) electrons. The summed E-state index contributed by atoms with van der Waals surface area (Å²) in [7, 11) is 0. The Hall–Kier alpha value is -1.22. The summed E-state index contributed by atoms with van der Waals surface area (Å²) in [5.41, 5.74) is 2.70. The van der Waals surface area contributed by atoms with E-state index < -0.39 is 5.83 Å². The quantitative estimate of drug-likeness (QED) is 0.439. The monoisotopic (exact) mass is 238 g/mol. The molecule has 0 aliphatic rings. The first-order valence-corrected chi connectivity index (χ1v) is 5.85. The molecular weight excluding hydrogens is 223 g/mol. The van der Waals surface area contributed by atoms with Crippen molar-refractivity contribution >= 4 is 23.7 Å². The molecule has 86 valence electrons. The van der Waals surface area contributed by atoms with Crippen molar-refractivity contribution < 1.29 is 9.18 Å². The van der Waals surface area contributed by atoms with Gasteiger partial charge in [-0.25, -0.2) is 4.39 Å². The van der Waals surface area contributed by atoms with Crippen molar-refractivity contribution in [3.8, 4) is 0 Å². The van der Waals surface area contributed by atoms with E-state index in [2.05, 4.69) is 6.92 Å². The number of hydrogen-bond donors (Lipinski definition) is 0. The first-order valence-electron chi connectivity index (χ1n) is 5.03. The Labute approximate surface area is 99.3 Å². The molecule has 1 nitrogen and oxygen atoms in total. The van der Waals surface area contributed by atoms with Gasteiger partial charge in [0.05, 0.1) is 0 Å². The highest BCUT2D eigenvalue weighted by Crippen LogP contribution is 2.28. The van der Waals surface area contributed by atoms with Crippen LogP contribution < -0.4 is 0 Å². The fourth-order valence-corrected chi connectivity index (χ4v) is 2.49. The van der Waals surface area contributed by atoms with Gasteiger partial charge in [0.2, 0.25) is 0 Å². The minimum atomic E-state index is -0.710. The van der Waals surface area contributed by atoms with Crippen LogP contribution in [0.1, 0.15) is 27.8 Å². The molecule has 3 heteroatoms. The Kier molecular flexibility index (Phi) is 4.19. The van der Waals surface area contributed by atoms with E-state index in [1.165, 1.54) is 15.3 Å². The smallest absolute Gasteiger partial charge is 0.178 e. The van der Waals surface area contributed by atoms with Gasteiger partial charge in [0, 0.05) is 9.75 Å². The van der Waals surface area contributed by atoms with Crippen LogP contribution >= 0.6 is 11.3 Å². The second-order valence-corrected chi connectivity index (χ2v) is 5.16. The van der Waals surface area contributed by atoms with Crippen molar-refractivity contribution in [1.29, 1.82) is 0 Å². The third-order valence-corrected chi connectivity index (χ3v) is 3.74. The summed E-state index contributed by atoms with van der Waals surface area (Å²) in [4.78, 5) is 12.7. The van der Waals surface area contributed by atoms with E-state index >= 15 is 0 Å². The van der Waals surface area contributed by atoms with Gasteiger partial charge in [-0.2, -0.15) is 0 Å². The lowest BCUT2D eigenvalue weighted by molar-refractivity contribution is -0.106. The average molecular weight is 238 g/mol. The molecule has 0 fully saturated rings. The number of aryl methyl sites for hydroxylation is 2. The molecule has 0 aliphatic heterocycles. The Morgan fingerprint density at radius 2 is 1.88 bits per heavy atom. The number of allylic oxidation sites excluding steroid dienone is 3. The number of hydrogen-bond acceptors (Lipinski definition) is 2. The number of rotatable bonds is 3. The van der Waals surface area contributed by atoms with E-state index in [0.717, 1.165) is 5.56 Å². The van der Waals surface area contributed by atoms with Crippen LogP contribution in [0.15, 0.2) is 17.5 Å². The second kappa shape index (κ2) is 5.21. The molecule has 1 aromatic heterocycles. The first kappa shape index (κ1) is 12.8. The van der Waals surface area contributed by atoms with E-state index in [4.69, 9.17) is 0 Å². The number of thiophene rings is 1. The van der Waals surface area contributed by atoms with Gasteiger partial charge in [-0.3, -0.25) is 4.79 Å². The maximum atomic E-state index is 12.9. The van der Waals surface area contributed by atoms with Crippen LogP contribution in [0.25, 0.3) is 6.08 Å². The van der Waals surface area contributed by atoms with Crippen LogP contribution in [0.3, 0.4) is 0 Å². The van der Waals surface area contributed by atoms with Gasteiger partial charge in [0.1, 0.15) is 0 Å². The summed E-state index contributed by atoms with van der Waals surface area (Å²) in [5.74, 6) is -0.710. The molecule has 16 heavy (non-hydrogen) atoms. The predicted molar refractivity (Wildman–Crippen MR) is 67.4 cm³/mol. The molecule has 0 N–H and O–H groups in total. The molecule has 0 atom stereocenters. The lowest BCUT2D eigenvalue weighted by Crippen LogP contribution is -1.81. The van der Waals surface area contributed by atoms with Crippen LogP contribution in [0, 0.1) is 20.8 Å². The fraction of sp³-hybridized carbons (Fsp3) is 0.308. The molecule has 1 heterocycles. The van der Waals surface area contributed by atoms with Gasteiger partial charge in [0.25, 0.3) is 0 Å². The molecule has 0 unspecified atom stereocenters. The Morgan fingerprint density at radius 3 is 2.31 bits per heavy atom. The summed E-state index contributed by atoms with van der Waals surface area (Å²) in [6.45, 7) is 7.75. The lowest BCUT2D eigenvalue weighted by atomic mass is 10.1. The average Bonchev–Trinajstić information content (AvgIpc) is 2.49. The molecule has 0 saturated carbocycles. The van der Waals surface area contributed by atoms with Crippen molar-refractivity contribution in [1.82, 2.24) is 0 Å². The first-order chi connectivity index (χ1) is 7.47. The SMILES string of the molecule is C/C(C=Cc1c(C)sc(C)c1C)=C(\F)C=O. The summed E-state index contributed by atoms with van der Waals surface area (Å²) in [6.07, 6.45) is 3.75. The molecule has 1 rings (SSSR count). The third-order valence-electron chi connectivity index (χ3n) is 2.60. The van der Waals surface area contributed by atoms with Gasteiger partial charge in [-0.05, 0) is 44.4 Å². The largest absolute Gasteiger partial charge is 0.295 e. The molecule has 0 bridgehead atoms. The van der Waals surface area contributed by atoms with Crippen LogP contribution in [0.2, 0.25) is 0 Å². The number of carbonyl (C=O) groups is 1. The molecule has 1 aromatic rings. The Bertz CT molecular complexity index is 467. The zero-order valence-corrected chi connectivity index (χ0v) is 10.7. The molecule has 0 aliphatic carbocycles. The maximum Gasteiger partial charge on any atom is 0.178 e. The zero-order chi connectivity index (χ0) is 12.3. The standard InChI is InChI=1S/C13H15FOS/c1-8(13(14)7-15)5-6-12-9(2)10(3)16-11(12)4/h5-7H,1-4H3/b6-5?,13-8+. The van der Waals surface area contributed by atoms with Gasteiger partial charge in [-0.15, -0.1) is 11.3 Å². The van der Waals surface area contributed by atoms with Gasteiger partial charge in [0.15, 0.2) is 12.1 Å². The van der Waals surface area contributed by atoms with Crippen LogP contribution in [0.4, 0.5) is 4.39 Å². The van der Waals surface area contributed by atoms with E-state index in [-0.39, 0.29) is 6.29 Å². The summed E-state index contributed by atoms with van der Waals surface area (Å²) < 4.78 is 12.9. The van der Waals surface area contributed by atoms with Gasteiger partial charge < -0.3 is 0 Å². The third kappa shape index (κ3) is 2.67. The van der Waals surface area contributed by atoms with E-state index in [1.54, 1.807) is 24.3 Å². The van der Waals surface area contributed by atoms with Crippen LogP contribution in [0.5, 0.6) is 0 Å². The maximum absolute atomic E-state index is 12.9. The lowest BCUT2D eigenvalue weighted by Gasteiger charge is -1.95. The van der Waals surface area contributed by atoms with Gasteiger partial charge >= 0.3 is 0 Å². The highest BCUT2D eigenvalue weighted by atomic mass is 32.1. The van der Waals surface area contributed by atoms with Crippen LogP contribution in [-0.2, 0) is 4.79 Å². The predicted octanol–water partition coefficient (Wildman–Crippen LogP) is 4.13. The van der Waals surface area contributed by atoms with Crippen molar-refractivity contribution in [2.45, 2.75) is 27.7 Å².